The van der Waals surface area contributed by atoms with Crippen LogP contribution >= 0.6 is 27.5 Å². The maximum atomic E-state index is 12.3. The second-order valence-corrected chi connectivity index (χ2v) is 7.21. The molecule has 156 valence electrons. The molecule has 2 N–H and O–H groups in total. The van der Waals surface area contributed by atoms with Gasteiger partial charge >= 0.3 is 0 Å². The molecule has 2 rings (SSSR count). The molecule has 1 unspecified atom stereocenters. The maximum absolute atomic E-state index is 12.3. The lowest BCUT2D eigenvalue weighted by atomic mass is 10.1. The third-order valence-corrected chi connectivity index (χ3v) is 4.83. The molecular formula is C21H19BrClN3O4. The van der Waals surface area contributed by atoms with Crippen molar-refractivity contribution >= 4 is 51.2 Å². The summed E-state index contributed by atoms with van der Waals surface area (Å²) in [7, 11) is 1.46. The van der Waals surface area contributed by atoms with Crippen LogP contribution < -0.4 is 20.2 Å². The largest absolute Gasteiger partial charge is 0.493 e. The fraction of sp³-hybridized carbons (Fsp3) is 0.190. The number of carbonyl (C=O) groups is 2. The summed E-state index contributed by atoms with van der Waals surface area (Å²) in [6.45, 7) is 1.52. The highest BCUT2D eigenvalue weighted by Crippen LogP contribution is 2.36. The van der Waals surface area contributed by atoms with Crippen LogP contribution in [0.3, 0.4) is 0 Å². The summed E-state index contributed by atoms with van der Waals surface area (Å²) >= 11 is 9.53. The summed E-state index contributed by atoms with van der Waals surface area (Å²) in [5.74, 6) is 1.03. The number of nitrogens with zero attached hydrogens (tertiary/aromatic N) is 1. The average molecular weight is 493 g/mol. The van der Waals surface area contributed by atoms with E-state index in [-0.39, 0.29) is 11.6 Å². The van der Waals surface area contributed by atoms with Gasteiger partial charge < -0.3 is 14.8 Å². The molecule has 7 nitrogen and oxygen atoms in total. The highest BCUT2D eigenvalue weighted by molar-refractivity contribution is 9.10. The summed E-state index contributed by atoms with van der Waals surface area (Å²) in [5, 5.41) is 6.84. The Hall–Kier alpha value is -3.02. The Labute approximate surface area is 187 Å². The van der Waals surface area contributed by atoms with Crippen molar-refractivity contribution in [2.24, 2.45) is 11.0 Å². The predicted octanol–water partition coefficient (Wildman–Crippen LogP) is 3.85. The van der Waals surface area contributed by atoms with Gasteiger partial charge in [0, 0.05) is 4.47 Å². The summed E-state index contributed by atoms with van der Waals surface area (Å²) in [6.07, 6.45) is 6.56. The van der Waals surface area contributed by atoms with Crippen LogP contribution in [0.15, 0.2) is 46.0 Å². The number of nitrogens with one attached hydrogen (secondary N) is 2. The van der Waals surface area contributed by atoms with Gasteiger partial charge in [-0.05, 0) is 52.7 Å². The fourth-order valence-corrected chi connectivity index (χ4v) is 2.92. The molecule has 0 aliphatic carbocycles. The highest BCUT2D eigenvalue weighted by atomic mass is 79.9. The normalized spacial score (nSPS) is 11.4. The average Bonchev–Trinajstić information content (AvgIpc) is 2.73. The van der Waals surface area contributed by atoms with E-state index in [1.165, 1.54) is 20.2 Å². The van der Waals surface area contributed by atoms with Gasteiger partial charge in [-0.25, -0.2) is 5.43 Å². The summed E-state index contributed by atoms with van der Waals surface area (Å²) < 4.78 is 11.3. The number of hydrazone groups is 1. The van der Waals surface area contributed by atoms with Gasteiger partial charge in [-0.15, -0.1) is 6.42 Å². The second-order valence-electron chi connectivity index (χ2n) is 5.95. The SMILES string of the molecule is C#CCOc1c(Cl)cc(C=NNC(=O)C(C)C(=O)Nc2ccccc2Br)cc1OC. The van der Waals surface area contributed by atoms with Gasteiger partial charge in [-0.1, -0.05) is 29.7 Å². The summed E-state index contributed by atoms with van der Waals surface area (Å²) in [5.41, 5.74) is 3.45. The van der Waals surface area contributed by atoms with Gasteiger partial charge in [0.05, 0.1) is 24.0 Å². The first kappa shape index (κ1) is 23.3. The fourth-order valence-electron chi connectivity index (χ4n) is 2.26. The third kappa shape index (κ3) is 6.24. The minimum atomic E-state index is -0.966. The molecule has 0 saturated carbocycles. The molecular weight excluding hydrogens is 474 g/mol. The second kappa shape index (κ2) is 11.2. The van der Waals surface area contributed by atoms with E-state index in [1.807, 2.05) is 6.07 Å². The van der Waals surface area contributed by atoms with Crippen molar-refractivity contribution in [1.29, 1.82) is 0 Å². The van der Waals surface area contributed by atoms with Crippen molar-refractivity contribution in [3.05, 3.63) is 51.5 Å². The number of para-hydroxylation sites is 1. The molecule has 0 aliphatic rings. The van der Waals surface area contributed by atoms with Crippen molar-refractivity contribution in [3.8, 4) is 23.8 Å². The first-order valence-corrected chi connectivity index (χ1v) is 9.86. The van der Waals surface area contributed by atoms with Crippen molar-refractivity contribution in [2.45, 2.75) is 6.92 Å². The first-order valence-electron chi connectivity index (χ1n) is 8.69. The minimum absolute atomic E-state index is 0.0408. The molecule has 0 aromatic heterocycles. The number of methoxy groups -OCH3 is 1. The lowest BCUT2D eigenvalue weighted by molar-refractivity contribution is -0.131. The molecule has 0 aliphatic heterocycles. The quantitative estimate of drug-likeness (QED) is 0.254. The van der Waals surface area contributed by atoms with Gasteiger partial charge in [0.15, 0.2) is 11.5 Å². The number of amides is 2. The van der Waals surface area contributed by atoms with Crippen LogP contribution in [0.2, 0.25) is 5.02 Å². The van der Waals surface area contributed by atoms with Crippen LogP contribution in [-0.2, 0) is 9.59 Å². The standard InChI is InChI=1S/C21H19BrClN3O4/c1-4-9-30-19-16(23)10-14(11-18(19)29-3)12-24-26-21(28)13(2)20(27)25-17-8-6-5-7-15(17)22/h1,5-8,10-13H,9H2,2-3H3,(H,25,27)(H,26,28). The summed E-state index contributed by atoms with van der Waals surface area (Å²) in [6, 6.07) is 10.3. The van der Waals surface area contributed by atoms with Crippen LogP contribution in [0.4, 0.5) is 5.69 Å². The maximum Gasteiger partial charge on any atom is 0.252 e. The van der Waals surface area contributed by atoms with Gasteiger partial charge in [-0.3, -0.25) is 9.59 Å². The molecule has 30 heavy (non-hydrogen) atoms. The van der Waals surface area contributed by atoms with Crippen molar-refractivity contribution in [1.82, 2.24) is 5.43 Å². The molecule has 0 radical (unpaired) electrons. The molecule has 1 atom stereocenters. The minimum Gasteiger partial charge on any atom is -0.493 e. The lowest BCUT2D eigenvalue weighted by Gasteiger charge is -2.12. The molecule has 2 amide bonds. The van der Waals surface area contributed by atoms with Gasteiger partial charge in [0.25, 0.3) is 5.91 Å². The lowest BCUT2D eigenvalue weighted by Crippen LogP contribution is -2.34. The van der Waals surface area contributed by atoms with Crippen LogP contribution in [0.25, 0.3) is 0 Å². The number of hydrogen-bond acceptors (Lipinski definition) is 5. The van der Waals surface area contributed by atoms with E-state index < -0.39 is 17.7 Å². The monoisotopic (exact) mass is 491 g/mol. The molecule has 0 bridgehead atoms. The van der Waals surface area contributed by atoms with Crippen molar-refractivity contribution in [3.63, 3.8) is 0 Å². The van der Waals surface area contributed by atoms with E-state index in [1.54, 1.807) is 30.3 Å². The van der Waals surface area contributed by atoms with E-state index in [4.69, 9.17) is 27.5 Å². The first-order chi connectivity index (χ1) is 14.4. The van der Waals surface area contributed by atoms with Crippen LogP contribution in [0.5, 0.6) is 11.5 Å². The van der Waals surface area contributed by atoms with E-state index >= 15 is 0 Å². The smallest absolute Gasteiger partial charge is 0.252 e. The summed E-state index contributed by atoms with van der Waals surface area (Å²) in [4.78, 5) is 24.5. The molecule has 0 heterocycles. The van der Waals surface area contributed by atoms with Crippen molar-refractivity contribution < 1.29 is 19.1 Å². The van der Waals surface area contributed by atoms with E-state index in [9.17, 15) is 9.59 Å². The number of carbonyl (C=O) groups excluding carboxylic acids is 2. The van der Waals surface area contributed by atoms with Gasteiger partial charge in [0.1, 0.15) is 12.5 Å². The Morgan fingerprint density at radius 2 is 2.07 bits per heavy atom. The Kier molecular flexibility index (Phi) is 8.71. The van der Waals surface area contributed by atoms with Gasteiger partial charge in [0.2, 0.25) is 5.91 Å². The Bertz CT molecular complexity index is 1000. The van der Waals surface area contributed by atoms with Crippen molar-refractivity contribution in [2.75, 3.05) is 19.0 Å². The highest BCUT2D eigenvalue weighted by Gasteiger charge is 2.21. The molecule has 0 spiro atoms. The van der Waals surface area contributed by atoms with E-state index in [2.05, 4.69) is 37.7 Å². The number of benzene rings is 2. The number of rotatable bonds is 8. The molecule has 2 aromatic carbocycles. The number of terminal acetylenes is 1. The third-order valence-electron chi connectivity index (χ3n) is 3.86. The zero-order valence-corrected chi connectivity index (χ0v) is 18.6. The molecule has 0 saturated heterocycles. The zero-order chi connectivity index (χ0) is 22.1. The predicted molar refractivity (Wildman–Crippen MR) is 120 cm³/mol. The van der Waals surface area contributed by atoms with Crippen LogP contribution in [-0.4, -0.2) is 31.7 Å². The Balaban J connectivity index is 2.01. The van der Waals surface area contributed by atoms with Gasteiger partial charge in [-0.2, -0.15) is 5.10 Å². The molecule has 9 heteroatoms. The Morgan fingerprint density at radius 1 is 1.33 bits per heavy atom. The molecule has 2 aromatic rings. The van der Waals surface area contributed by atoms with Crippen LogP contribution in [0.1, 0.15) is 12.5 Å². The number of hydrogen-bond donors (Lipinski definition) is 2. The van der Waals surface area contributed by atoms with E-state index in [0.29, 0.717) is 27.2 Å². The number of anilines is 1. The Morgan fingerprint density at radius 3 is 2.73 bits per heavy atom. The van der Waals surface area contributed by atoms with Crippen LogP contribution in [0, 0.1) is 18.3 Å². The molecule has 0 fully saturated rings. The van der Waals surface area contributed by atoms with E-state index in [0.717, 1.165) is 0 Å². The zero-order valence-electron chi connectivity index (χ0n) is 16.2. The number of halogens is 2. The number of ether oxygens (including phenoxy) is 2. The topological polar surface area (TPSA) is 89.0 Å².